The second kappa shape index (κ2) is 12.1. The van der Waals surface area contributed by atoms with Crippen molar-refractivity contribution in [1.82, 2.24) is 14.8 Å². The third-order valence-electron chi connectivity index (χ3n) is 6.15. The van der Waals surface area contributed by atoms with Crippen LogP contribution in [-0.2, 0) is 6.54 Å². The molecule has 0 saturated heterocycles. The Morgan fingerprint density at radius 3 is 2.74 bits per heavy atom. The van der Waals surface area contributed by atoms with Crippen molar-refractivity contribution < 1.29 is 19.0 Å². The van der Waals surface area contributed by atoms with Gasteiger partial charge in [-0.25, -0.2) is 9.37 Å². The highest BCUT2D eigenvalue weighted by Gasteiger charge is 2.34. The van der Waals surface area contributed by atoms with Gasteiger partial charge in [0, 0.05) is 49.3 Å². The van der Waals surface area contributed by atoms with E-state index in [1.807, 2.05) is 31.9 Å². The number of pyridine rings is 1. The van der Waals surface area contributed by atoms with Crippen LogP contribution < -0.4 is 4.74 Å². The number of aromatic nitrogens is 1. The minimum absolute atomic E-state index is 0.0449. The third kappa shape index (κ3) is 7.03. The van der Waals surface area contributed by atoms with Crippen molar-refractivity contribution in [3.8, 4) is 17.7 Å². The van der Waals surface area contributed by atoms with Crippen LogP contribution in [0.4, 0.5) is 4.39 Å². The largest absolute Gasteiger partial charge is 0.472 e. The molecule has 1 aliphatic rings. The van der Waals surface area contributed by atoms with Crippen LogP contribution in [0.1, 0.15) is 55.6 Å². The Hall–Kier alpha value is -2.95. The molecule has 2 heterocycles. The number of amides is 1. The van der Waals surface area contributed by atoms with Crippen molar-refractivity contribution in [3.63, 3.8) is 0 Å². The van der Waals surface area contributed by atoms with Crippen molar-refractivity contribution in [2.45, 2.75) is 52.8 Å². The van der Waals surface area contributed by atoms with Gasteiger partial charge in [0.25, 0.3) is 5.91 Å². The van der Waals surface area contributed by atoms with Gasteiger partial charge in [-0.3, -0.25) is 9.69 Å². The van der Waals surface area contributed by atoms with Crippen LogP contribution in [0.15, 0.2) is 36.5 Å². The van der Waals surface area contributed by atoms with Crippen LogP contribution in [0.25, 0.3) is 0 Å². The van der Waals surface area contributed by atoms with Gasteiger partial charge < -0.3 is 14.7 Å². The summed E-state index contributed by atoms with van der Waals surface area (Å²) in [5.74, 6) is 6.43. The Morgan fingerprint density at radius 2 is 2.06 bits per heavy atom. The number of aliphatic hydroxyl groups is 1. The quantitative estimate of drug-likeness (QED) is 0.607. The lowest BCUT2D eigenvalue weighted by Crippen LogP contribution is -2.49. The van der Waals surface area contributed by atoms with Crippen LogP contribution in [0.3, 0.4) is 0 Å². The fraction of sp³-hybridized carbons (Fsp3) is 0.500. The zero-order valence-corrected chi connectivity index (χ0v) is 21.3. The van der Waals surface area contributed by atoms with Crippen molar-refractivity contribution >= 4 is 5.91 Å². The highest BCUT2D eigenvalue weighted by molar-refractivity contribution is 5.97. The molecule has 1 aromatic carbocycles. The van der Waals surface area contributed by atoms with Gasteiger partial charge in [-0.1, -0.05) is 50.8 Å². The lowest BCUT2D eigenvalue weighted by Gasteiger charge is -2.37. The molecule has 0 fully saturated rings. The number of hydrogen-bond donors (Lipinski definition) is 1. The molecule has 0 radical (unpaired) electrons. The molecule has 1 amide bonds. The van der Waals surface area contributed by atoms with Gasteiger partial charge in [0.1, 0.15) is 17.5 Å². The van der Waals surface area contributed by atoms with E-state index in [4.69, 9.17) is 4.74 Å². The van der Waals surface area contributed by atoms with Crippen molar-refractivity contribution in [2.24, 2.45) is 11.8 Å². The Balaban J connectivity index is 1.90. The number of likely N-dealkylation sites (N-methyl/N-ethyl adjacent to an activating group) is 1. The maximum absolute atomic E-state index is 14.2. The predicted molar refractivity (Wildman–Crippen MR) is 134 cm³/mol. The number of carbonyl (C=O) groups is 1. The molecule has 1 aliphatic heterocycles. The van der Waals surface area contributed by atoms with Crippen molar-refractivity contribution in [1.29, 1.82) is 0 Å². The number of hydrogen-bond acceptors (Lipinski definition) is 5. The maximum atomic E-state index is 14.2. The van der Waals surface area contributed by atoms with E-state index in [-0.39, 0.29) is 42.3 Å². The molecule has 0 aliphatic carbocycles. The van der Waals surface area contributed by atoms with Gasteiger partial charge in [0.15, 0.2) is 0 Å². The van der Waals surface area contributed by atoms with E-state index < -0.39 is 0 Å². The SMILES string of the molecule is CC(C)CC#Cc1cnc2c(c1)C(=O)N([C@H](C)CO)C[C@H](C)[C@H](CN(C)Cc1ccccc1F)O2. The van der Waals surface area contributed by atoms with Crippen LogP contribution in [0.2, 0.25) is 0 Å². The van der Waals surface area contributed by atoms with Crippen molar-refractivity contribution in [3.05, 3.63) is 59.0 Å². The topological polar surface area (TPSA) is 65.9 Å². The Morgan fingerprint density at radius 1 is 1.31 bits per heavy atom. The van der Waals surface area contributed by atoms with Gasteiger partial charge in [0.05, 0.1) is 12.6 Å². The van der Waals surface area contributed by atoms with E-state index in [1.54, 1.807) is 29.3 Å². The lowest BCUT2D eigenvalue weighted by atomic mass is 9.99. The fourth-order valence-electron chi connectivity index (χ4n) is 4.03. The average molecular weight is 482 g/mol. The summed E-state index contributed by atoms with van der Waals surface area (Å²) in [5.41, 5.74) is 1.61. The Labute approximate surface area is 208 Å². The van der Waals surface area contributed by atoms with E-state index in [2.05, 4.69) is 30.7 Å². The number of carbonyl (C=O) groups excluding carboxylic acids is 1. The van der Waals surface area contributed by atoms with Gasteiger partial charge >= 0.3 is 0 Å². The molecule has 3 rings (SSSR count). The number of benzene rings is 1. The van der Waals surface area contributed by atoms with E-state index in [0.717, 1.165) is 6.42 Å². The molecule has 1 N–H and O–H groups in total. The first-order valence-electron chi connectivity index (χ1n) is 12.2. The zero-order valence-electron chi connectivity index (χ0n) is 21.3. The molecular weight excluding hydrogens is 445 g/mol. The minimum atomic E-state index is -0.358. The number of nitrogens with zero attached hydrogens (tertiary/aromatic N) is 3. The summed E-state index contributed by atoms with van der Waals surface area (Å²) in [4.78, 5) is 21.6. The number of aliphatic hydroxyl groups excluding tert-OH is 1. The molecule has 0 spiro atoms. The second-order valence-corrected chi connectivity index (χ2v) is 9.89. The molecule has 6 nitrogen and oxygen atoms in total. The Kier molecular flexibility index (Phi) is 9.25. The molecule has 1 aromatic heterocycles. The summed E-state index contributed by atoms with van der Waals surface area (Å²) in [5, 5.41) is 9.82. The first-order chi connectivity index (χ1) is 16.7. The van der Waals surface area contributed by atoms with Crippen LogP contribution >= 0.6 is 0 Å². The van der Waals surface area contributed by atoms with Crippen molar-refractivity contribution in [2.75, 3.05) is 26.7 Å². The number of rotatable bonds is 7. The molecule has 188 valence electrons. The highest BCUT2D eigenvalue weighted by Crippen LogP contribution is 2.27. The van der Waals surface area contributed by atoms with Gasteiger partial charge in [0.2, 0.25) is 5.88 Å². The van der Waals surface area contributed by atoms with Gasteiger partial charge in [-0.2, -0.15) is 0 Å². The summed E-state index contributed by atoms with van der Waals surface area (Å²) in [6.07, 6.45) is 2.09. The number of fused-ring (bicyclic) bond motifs is 1. The molecular formula is C28H36FN3O3. The summed E-state index contributed by atoms with van der Waals surface area (Å²) < 4.78 is 20.5. The summed E-state index contributed by atoms with van der Waals surface area (Å²) >= 11 is 0. The summed E-state index contributed by atoms with van der Waals surface area (Å²) in [7, 11) is 1.92. The standard InChI is InChI=1S/C28H36FN3O3/c1-19(2)9-8-10-22-13-24-27(30-14-22)35-26(20(3)15-32(28(24)34)21(4)18-33)17-31(5)16-23-11-6-7-12-25(23)29/h6-7,11-14,19-21,26,33H,9,15-18H2,1-5H3/t20-,21+,26-/m0/s1. The summed E-state index contributed by atoms with van der Waals surface area (Å²) in [6, 6.07) is 8.10. The van der Waals surface area contributed by atoms with Crippen LogP contribution in [0.5, 0.6) is 5.88 Å². The molecule has 0 unspecified atom stereocenters. The Bertz CT molecular complexity index is 1080. The van der Waals surface area contributed by atoms with Crippen LogP contribution in [0, 0.1) is 29.5 Å². The monoisotopic (exact) mass is 481 g/mol. The predicted octanol–water partition coefficient (Wildman–Crippen LogP) is 3.97. The fourth-order valence-corrected chi connectivity index (χ4v) is 4.03. The van der Waals surface area contributed by atoms with Crippen LogP contribution in [-0.4, -0.2) is 64.7 Å². The van der Waals surface area contributed by atoms with Gasteiger partial charge in [-0.05, 0) is 32.0 Å². The van der Waals surface area contributed by atoms with E-state index in [1.165, 1.54) is 6.07 Å². The second-order valence-electron chi connectivity index (χ2n) is 9.89. The smallest absolute Gasteiger partial charge is 0.259 e. The zero-order chi connectivity index (χ0) is 25.5. The summed E-state index contributed by atoms with van der Waals surface area (Å²) in [6.45, 7) is 9.26. The highest BCUT2D eigenvalue weighted by atomic mass is 19.1. The average Bonchev–Trinajstić information content (AvgIpc) is 2.82. The first kappa shape index (κ1) is 26.7. The van der Waals surface area contributed by atoms with E-state index in [0.29, 0.717) is 42.2 Å². The number of ether oxygens (including phenoxy) is 1. The third-order valence-corrected chi connectivity index (χ3v) is 6.15. The lowest BCUT2D eigenvalue weighted by molar-refractivity contribution is 0.0324. The maximum Gasteiger partial charge on any atom is 0.259 e. The number of halogens is 1. The van der Waals surface area contributed by atoms with E-state index >= 15 is 0 Å². The normalized spacial score (nSPS) is 18.9. The molecule has 0 saturated carbocycles. The van der Waals surface area contributed by atoms with E-state index in [9.17, 15) is 14.3 Å². The molecule has 7 heteroatoms. The minimum Gasteiger partial charge on any atom is -0.472 e. The van der Waals surface area contributed by atoms with Gasteiger partial charge in [-0.15, -0.1) is 0 Å². The molecule has 0 bridgehead atoms. The molecule has 35 heavy (non-hydrogen) atoms. The first-order valence-corrected chi connectivity index (χ1v) is 12.2. The molecule has 2 aromatic rings. The molecule has 3 atom stereocenters.